The Morgan fingerprint density at radius 2 is 1.65 bits per heavy atom. The first kappa shape index (κ1) is 37.5. The smallest absolute Gasteiger partial charge is 0.435 e. The molecule has 1 aliphatic rings. The molecule has 2 amide bonds. The fraction of sp³-hybridized carbons (Fsp3) is 0.361. The normalized spacial score (nSPS) is 14.9. The van der Waals surface area contributed by atoms with Gasteiger partial charge in [0.25, 0.3) is 5.91 Å². The quantitative estimate of drug-likeness (QED) is 0.129. The number of hydrogen-bond donors (Lipinski definition) is 3. The van der Waals surface area contributed by atoms with Gasteiger partial charge in [0.2, 0.25) is 10.0 Å². The number of nitrogens with one attached hydrogen (secondary N) is 2. The molecular weight excluding hydrogens is 690 g/mol. The Morgan fingerprint density at radius 1 is 0.961 bits per heavy atom. The van der Waals surface area contributed by atoms with Crippen LogP contribution in [0.5, 0.6) is 0 Å². The van der Waals surface area contributed by atoms with E-state index in [0.29, 0.717) is 41.5 Å². The lowest BCUT2D eigenvalue weighted by Crippen LogP contribution is -2.46. The summed E-state index contributed by atoms with van der Waals surface area (Å²) in [5.74, 6) is -1.63. The Hall–Kier alpha value is -4.76. The molecule has 0 aliphatic heterocycles. The van der Waals surface area contributed by atoms with Gasteiger partial charge in [-0.2, -0.15) is 18.3 Å². The van der Waals surface area contributed by atoms with Gasteiger partial charge in [0.05, 0.1) is 23.2 Å². The maximum atomic E-state index is 15.4. The number of carbonyl (C=O) groups excluding carboxylic acids is 1. The Morgan fingerprint density at radius 3 is 2.24 bits per heavy atom. The molecule has 1 unspecified atom stereocenters. The first-order valence-corrected chi connectivity index (χ1v) is 18.1. The number of sulfonamides is 1. The highest BCUT2D eigenvalue weighted by atomic mass is 32.2. The van der Waals surface area contributed by atoms with Crippen LogP contribution in [0.25, 0.3) is 5.69 Å². The molecule has 3 aromatic carbocycles. The average Bonchev–Trinajstić information content (AvgIpc) is 3.76. The number of carboxylic acid groups (broad SMARTS) is 1. The Bertz CT molecular complexity index is 2030. The van der Waals surface area contributed by atoms with Crippen LogP contribution in [-0.4, -0.2) is 52.0 Å². The molecule has 1 aliphatic carbocycles. The van der Waals surface area contributed by atoms with E-state index in [1.54, 1.807) is 57.2 Å². The van der Waals surface area contributed by atoms with Gasteiger partial charge < -0.3 is 10.4 Å². The van der Waals surface area contributed by atoms with Gasteiger partial charge in [-0.3, -0.25) is 9.69 Å². The van der Waals surface area contributed by atoms with E-state index < -0.39 is 62.2 Å². The minimum Gasteiger partial charge on any atom is -0.465 e. The molecule has 0 bridgehead atoms. The summed E-state index contributed by atoms with van der Waals surface area (Å²) < 4.78 is 86.4. The summed E-state index contributed by atoms with van der Waals surface area (Å²) in [6, 6.07) is 19.0. The second kappa shape index (κ2) is 14.1. The van der Waals surface area contributed by atoms with Crippen LogP contribution in [0.1, 0.15) is 79.3 Å². The molecule has 1 atom stereocenters. The summed E-state index contributed by atoms with van der Waals surface area (Å²) in [4.78, 5) is 26.8. The molecule has 1 saturated carbocycles. The van der Waals surface area contributed by atoms with Gasteiger partial charge in [0.15, 0.2) is 5.69 Å². The van der Waals surface area contributed by atoms with Crippen molar-refractivity contribution in [2.75, 3.05) is 11.6 Å². The van der Waals surface area contributed by atoms with E-state index in [1.807, 2.05) is 0 Å². The van der Waals surface area contributed by atoms with Crippen molar-refractivity contribution in [1.29, 1.82) is 0 Å². The van der Waals surface area contributed by atoms with E-state index in [-0.39, 0.29) is 12.2 Å². The van der Waals surface area contributed by atoms with E-state index in [9.17, 15) is 36.3 Å². The third-order valence-electron chi connectivity index (χ3n) is 8.73. The first-order chi connectivity index (χ1) is 23.8. The van der Waals surface area contributed by atoms with Crippen molar-refractivity contribution in [1.82, 2.24) is 19.4 Å². The minimum absolute atomic E-state index is 0.0298. The summed E-state index contributed by atoms with van der Waals surface area (Å²) in [7, 11) is -3.85. The number of carbonyl (C=O) groups is 2. The van der Waals surface area contributed by atoms with Crippen LogP contribution < -0.4 is 10.0 Å². The number of nitrogens with zero attached hydrogens (tertiary/aromatic N) is 3. The molecule has 0 radical (unpaired) electrons. The minimum atomic E-state index is -4.94. The maximum Gasteiger partial charge on any atom is 0.435 e. The number of rotatable bonds is 12. The highest BCUT2D eigenvalue weighted by Gasteiger charge is 2.40. The molecule has 15 heteroatoms. The molecule has 0 saturated heterocycles. The van der Waals surface area contributed by atoms with Crippen molar-refractivity contribution < 1.29 is 40.7 Å². The Labute approximate surface area is 293 Å². The van der Waals surface area contributed by atoms with E-state index in [2.05, 4.69) is 15.1 Å². The number of amides is 2. The molecule has 4 aromatic rings. The zero-order chi connectivity index (χ0) is 37.4. The zero-order valence-electron chi connectivity index (χ0n) is 28.5. The van der Waals surface area contributed by atoms with E-state index in [0.717, 1.165) is 34.7 Å². The molecule has 5 rings (SSSR count). The van der Waals surface area contributed by atoms with Crippen LogP contribution in [0.15, 0.2) is 78.9 Å². The van der Waals surface area contributed by atoms with Crippen molar-refractivity contribution in [2.24, 2.45) is 5.92 Å². The second-order valence-electron chi connectivity index (χ2n) is 13.8. The van der Waals surface area contributed by atoms with Crippen molar-refractivity contribution >= 4 is 27.7 Å². The number of anilines is 1. The fourth-order valence-corrected chi connectivity index (χ4v) is 6.97. The van der Waals surface area contributed by atoms with E-state index in [4.69, 9.17) is 0 Å². The standard InChI is InChI=1S/C36H39F4N5O5S/c1-34(2,3)44(33(47)48)22-24-9-8-12-27(19-24)45-30(21-31(42-45)36(38,39)40)32(46)41-29-20-26(15-16-28(29)37)35(43-51(4,49)50,18-17-23-13-14-23)25-10-6-5-7-11-25/h5-12,15-16,19-21,23,43H,13-14,17-18,22H2,1-4H3,(H,41,46)(H,47,48). The first-order valence-electron chi connectivity index (χ1n) is 16.2. The zero-order valence-corrected chi connectivity index (χ0v) is 29.3. The second-order valence-corrected chi connectivity index (χ2v) is 15.6. The van der Waals surface area contributed by atoms with Gasteiger partial charge in [-0.25, -0.2) is 27.0 Å². The molecular formula is C36H39F4N5O5S. The lowest BCUT2D eigenvalue weighted by atomic mass is 9.79. The summed E-state index contributed by atoms with van der Waals surface area (Å²) >= 11 is 0. The van der Waals surface area contributed by atoms with Gasteiger partial charge in [-0.1, -0.05) is 61.4 Å². The van der Waals surface area contributed by atoms with E-state index in [1.165, 1.54) is 30.3 Å². The van der Waals surface area contributed by atoms with Crippen molar-refractivity contribution in [2.45, 2.75) is 70.3 Å². The topological polar surface area (TPSA) is 134 Å². The van der Waals surface area contributed by atoms with Gasteiger partial charge >= 0.3 is 12.3 Å². The third kappa shape index (κ3) is 8.95. The highest BCUT2D eigenvalue weighted by Crippen LogP contribution is 2.42. The lowest BCUT2D eigenvalue weighted by molar-refractivity contribution is -0.141. The average molecular weight is 730 g/mol. The summed E-state index contributed by atoms with van der Waals surface area (Å²) in [6.45, 7) is 4.97. The molecule has 10 nitrogen and oxygen atoms in total. The van der Waals surface area contributed by atoms with Crippen molar-refractivity contribution in [3.05, 3.63) is 113 Å². The number of hydrogen-bond acceptors (Lipinski definition) is 5. The number of alkyl halides is 3. The van der Waals surface area contributed by atoms with Crippen LogP contribution in [0, 0.1) is 11.7 Å². The molecule has 0 spiro atoms. The maximum absolute atomic E-state index is 15.4. The summed E-state index contributed by atoms with van der Waals surface area (Å²) in [5, 5.41) is 15.8. The van der Waals surface area contributed by atoms with Crippen LogP contribution in [0.3, 0.4) is 0 Å². The highest BCUT2D eigenvalue weighted by molar-refractivity contribution is 7.88. The SMILES string of the molecule is CC(C)(C)N(Cc1cccc(-n2nc(C(F)(F)F)cc2C(=O)Nc2cc(C(CCC3CC3)(NS(C)(=O)=O)c3ccccc3)ccc2F)c1)C(=O)O. The van der Waals surface area contributed by atoms with Gasteiger partial charge in [0, 0.05) is 18.2 Å². The van der Waals surface area contributed by atoms with Crippen LogP contribution >= 0.6 is 0 Å². The van der Waals surface area contributed by atoms with Crippen molar-refractivity contribution in [3.8, 4) is 5.69 Å². The number of benzene rings is 3. The van der Waals surface area contributed by atoms with Crippen molar-refractivity contribution in [3.63, 3.8) is 0 Å². The monoisotopic (exact) mass is 729 g/mol. The third-order valence-corrected chi connectivity index (χ3v) is 9.45. The molecule has 1 aromatic heterocycles. The molecule has 1 fully saturated rings. The van der Waals surface area contributed by atoms with Crippen LogP contribution in [0.2, 0.25) is 0 Å². The Balaban J connectivity index is 1.56. The fourth-order valence-electron chi connectivity index (χ4n) is 6.00. The molecule has 272 valence electrons. The molecule has 1 heterocycles. The lowest BCUT2D eigenvalue weighted by Gasteiger charge is -2.36. The number of aromatic nitrogens is 2. The summed E-state index contributed by atoms with van der Waals surface area (Å²) in [6.07, 6.45) is -2.14. The predicted octanol–water partition coefficient (Wildman–Crippen LogP) is 7.54. The van der Waals surface area contributed by atoms with Crippen LogP contribution in [0.4, 0.5) is 28.0 Å². The molecule has 51 heavy (non-hydrogen) atoms. The van der Waals surface area contributed by atoms with Gasteiger partial charge in [-0.05, 0) is 80.5 Å². The van der Waals surface area contributed by atoms with Crippen LogP contribution in [-0.2, 0) is 28.3 Å². The Kier molecular flexibility index (Phi) is 10.4. The predicted molar refractivity (Wildman–Crippen MR) is 183 cm³/mol. The largest absolute Gasteiger partial charge is 0.465 e. The molecule has 3 N–H and O–H groups in total. The van der Waals surface area contributed by atoms with E-state index >= 15 is 4.39 Å². The van der Waals surface area contributed by atoms with Gasteiger partial charge in [0.1, 0.15) is 11.5 Å². The summed E-state index contributed by atoms with van der Waals surface area (Å²) in [5.41, 5.74) is -3.15. The van der Waals surface area contributed by atoms with Gasteiger partial charge in [-0.15, -0.1) is 0 Å². The number of halogens is 4.